The van der Waals surface area contributed by atoms with Crippen molar-refractivity contribution < 1.29 is 9.90 Å². The third kappa shape index (κ3) is 3.53. The summed E-state index contributed by atoms with van der Waals surface area (Å²) in [5, 5.41) is 11.4. The summed E-state index contributed by atoms with van der Waals surface area (Å²) >= 11 is 0. The molecule has 1 fully saturated rings. The Morgan fingerprint density at radius 2 is 2.42 bits per heavy atom. The highest BCUT2D eigenvalue weighted by Crippen LogP contribution is 2.36. The summed E-state index contributed by atoms with van der Waals surface area (Å²) in [6, 6.07) is 0. The average Bonchev–Trinajstić information content (AvgIpc) is 2.65. The molecule has 12 heavy (non-hydrogen) atoms. The molecule has 0 aromatic carbocycles. The Labute approximate surface area is 72.5 Å². The number of carboxylic acids is 1. The Balaban J connectivity index is 1.92. The van der Waals surface area contributed by atoms with E-state index in [0.717, 1.165) is 18.4 Å². The Morgan fingerprint density at radius 3 is 2.92 bits per heavy atom. The smallest absolute Gasteiger partial charge is 0.328 e. The molecule has 3 heteroatoms. The van der Waals surface area contributed by atoms with Gasteiger partial charge in [0.15, 0.2) is 0 Å². The van der Waals surface area contributed by atoms with E-state index in [1.807, 2.05) is 0 Å². The maximum absolute atomic E-state index is 10.0. The second-order valence-corrected chi connectivity index (χ2v) is 3.37. The molecular weight excluding hydrogens is 154 g/mol. The fourth-order valence-corrected chi connectivity index (χ4v) is 1.20. The van der Waals surface area contributed by atoms with E-state index in [-0.39, 0.29) is 0 Å². The first-order valence-corrected chi connectivity index (χ1v) is 4.30. The topological polar surface area (TPSA) is 49.3 Å². The predicted octanol–water partition coefficient (Wildman–Crippen LogP) is 0.873. The second kappa shape index (κ2) is 4.26. The third-order valence-electron chi connectivity index (χ3n) is 2.21. The molecule has 1 aliphatic rings. The van der Waals surface area contributed by atoms with Gasteiger partial charge in [0, 0.05) is 12.6 Å². The SMILES string of the molecule is CC1CC1CNC/C=C/C(=O)O. The molecule has 0 aliphatic heterocycles. The molecule has 68 valence electrons. The van der Waals surface area contributed by atoms with Crippen LogP contribution in [0.5, 0.6) is 0 Å². The zero-order valence-electron chi connectivity index (χ0n) is 7.29. The van der Waals surface area contributed by atoms with Crippen molar-refractivity contribution >= 4 is 5.97 Å². The van der Waals surface area contributed by atoms with Gasteiger partial charge in [-0.25, -0.2) is 4.79 Å². The lowest BCUT2D eigenvalue weighted by Crippen LogP contribution is -2.17. The number of hydrogen-bond acceptors (Lipinski definition) is 2. The fraction of sp³-hybridized carbons (Fsp3) is 0.667. The molecule has 2 atom stereocenters. The summed E-state index contributed by atoms with van der Waals surface area (Å²) in [7, 11) is 0. The van der Waals surface area contributed by atoms with E-state index in [1.54, 1.807) is 6.08 Å². The van der Waals surface area contributed by atoms with Gasteiger partial charge in [0.2, 0.25) is 0 Å². The number of carbonyl (C=O) groups is 1. The van der Waals surface area contributed by atoms with Crippen LogP contribution in [-0.4, -0.2) is 24.2 Å². The highest BCUT2D eigenvalue weighted by molar-refractivity contribution is 5.79. The fourth-order valence-electron chi connectivity index (χ4n) is 1.20. The summed E-state index contributed by atoms with van der Waals surface area (Å²) in [5.41, 5.74) is 0. The van der Waals surface area contributed by atoms with Crippen LogP contribution in [0, 0.1) is 11.8 Å². The lowest BCUT2D eigenvalue weighted by atomic mass is 10.3. The van der Waals surface area contributed by atoms with Gasteiger partial charge < -0.3 is 10.4 Å². The lowest BCUT2D eigenvalue weighted by molar-refractivity contribution is -0.131. The molecule has 0 saturated heterocycles. The number of aliphatic carboxylic acids is 1. The van der Waals surface area contributed by atoms with Crippen LogP contribution in [0.25, 0.3) is 0 Å². The first-order valence-electron chi connectivity index (χ1n) is 4.30. The molecule has 1 aliphatic carbocycles. The van der Waals surface area contributed by atoms with Crippen molar-refractivity contribution in [1.29, 1.82) is 0 Å². The standard InChI is InChI=1S/C9H15NO2/c1-7-5-8(7)6-10-4-2-3-9(11)12/h2-3,7-8,10H,4-6H2,1H3,(H,11,12)/b3-2+. The minimum Gasteiger partial charge on any atom is -0.478 e. The van der Waals surface area contributed by atoms with E-state index in [9.17, 15) is 4.79 Å². The number of carboxylic acid groups (broad SMARTS) is 1. The van der Waals surface area contributed by atoms with Crippen LogP contribution >= 0.6 is 0 Å². The van der Waals surface area contributed by atoms with Crippen molar-refractivity contribution in [2.45, 2.75) is 13.3 Å². The monoisotopic (exact) mass is 169 g/mol. The van der Waals surface area contributed by atoms with Gasteiger partial charge in [0.25, 0.3) is 0 Å². The van der Waals surface area contributed by atoms with Crippen LogP contribution in [0.1, 0.15) is 13.3 Å². The van der Waals surface area contributed by atoms with Gasteiger partial charge in [0.1, 0.15) is 0 Å². The lowest BCUT2D eigenvalue weighted by Gasteiger charge is -1.97. The van der Waals surface area contributed by atoms with E-state index in [2.05, 4.69) is 12.2 Å². The summed E-state index contributed by atoms with van der Waals surface area (Å²) < 4.78 is 0. The van der Waals surface area contributed by atoms with Gasteiger partial charge in [-0.1, -0.05) is 13.0 Å². The highest BCUT2D eigenvalue weighted by atomic mass is 16.4. The van der Waals surface area contributed by atoms with Crippen molar-refractivity contribution in [3.8, 4) is 0 Å². The van der Waals surface area contributed by atoms with Gasteiger partial charge in [-0.2, -0.15) is 0 Å². The van der Waals surface area contributed by atoms with E-state index >= 15 is 0 Å². The largest absolute Gasteiger partial charge is 0.478 e. The van der Waals surface area contributed by atoms with Crippen molar-refractivity contribution in [2.75, 3.05) is 13.1 Å². The van der Waals surface area contributed by atoms with Crippen LogP contribution in [0.3, 0.4) is 0 Å². The summed E-state index contributed by atoms with van der Waals surface area (Å²) in [6.45, 7) is 3.92. The number of nitrogens with one attached hydrogen (secondary N) is 1. The van der Waals surface area contributed by atoms with E-state index in [1.165, 1.54) is 12.5 Å². The third-order valence-corrected chi connectivity index (χ3v) is 2.21. The minimum atomic E-state index is -0.878. The molecule has 3 nitrogen and oxygen atoms in total. The van der Waals surface area contributed by atoms with Gasteiger partial charge in [0.05, 0.1) is 0 Å². The molecule has 0 radical (unpaired) electrons. The molecule has 0 bridgehead atoms. The second-order valence-electron chi connectivity index (χ2n) is 3.37. The maximum Gasteiger partial charge on any atom is 0.328 e. The zero-order chi connectivity index (χ0) is 8.97. The minimum absolute atomic E-state index is 0.662. The summed E-state index contributed by atoms with van der Waals surface area (Å²) in [6.07, 6.45) is 4.12. The van der Waals surface area contributed by atoms with Crippen LogP contribution in [0.4, 0.5) is 0 Å². The maximum atomic E-state index is 10.0. The zero-order valence-corrected chi connectivity index (χ0v) is 7.29. The Morgan fingerprint density at radius 1 is 1.75 bits per heavy atom. The van der Waals surface area contributed by atoms with Gasteiger partial charge in [-0.15, -0.1) is 0 Å². The summed E-state index contributed by atoms with van der Waals surface area (Å²) in [4.78, 5) is 10.0. The van der Waals surface area contributed by atoms with Crippen LogP contribution in [0.15, 0.2) is 12.2 Å². The van der Waals surface area contributed by atoms with E-state index in [4.69, 9.17) is 5.11 Å². The molecule has 0 amide bonds. The average molecular weight is 169 g/mol. The molecule has 1 rings (SSSR count). The van der Waals surface area contributed by atoms with Gasteiger partial charge in [-0.3, -0.25) is 0 Å². The molecule has 2 N–H and O–H groups in total. The molecular formula is C9H15NO2. The molecule has 1 saturated carbocycles. The molecule has 0 aromatic rings. The number of hydrogen-bond donors (Lipinski definition) is 2. The molecule has 0 aromatic heterocycles. The first kappa shape index (κ1) is 9.26. The predicted molar refractivity (Wildman–Crippen MR) is 46.9 cm³/mol. The quantitative estimate of drug-likeness (QED) is 0.474. The first-order chi connectivity index (χ1) is 5.70. The van der Waals surface area contributed by atoms with Crippen LogP contribution in [0.2, 0.25) is 0 Å². The van der Waals surface area contributed by atoms with Crippen molar-refractivity contribution in [2.24, 2.45) is 11.8 Å². The van der Waals surface area contributed by atoms with E-state index in [0.29, 0.717) is 6.54 Å². The normalized spacial score (nSPS) is 27.8. The van der Waals surface area contributed by atoms with Gasteiger partial charge in [-0.05, 0) is 24.8 Å². The van der Waals surface area contributed by atoms with Crippen molar-refractivity contribution in [3.63, 3.8) is 0 Å². The van der Waals surface area contributed by atoms with Crippen molar-refractivity contribution in [3.05, 3.63) is 12.2 Å². The Kier molecular flexibility index (Phi) is 3.29. The van der Waals surface area contributed by atoms with Crippen LogP contribution in [-0.2, 0) is 4.79 Å². The molecule has 0 spiro atoms. The van der Waals surface area contributed by atoms with Crippen LogP contribution < -0.4 is 5.32 Å². The van der Waals surface area contributed by atoms with Gasteiger partial charge >= 0.3 is 5.97 Å². The Bertz CT molecular complexity index is 189. The van der Waals surface area contributed by atoms with Crippen molar-refractivity contribution in [1.82, 2.24) is 5.32 Å². The summed E-state index contributed by atoms with van der Waals surface area (Å²) in [5.74, 6) is 0.806. The van der Waals surface area contributed by atoms with E-state index < -0.39 is 5.97 Å². The molecule has 2 unspecified atom stereocenters. The Hall–Kier alpha value is -0.830. The number of rotatable bonds is 5. The molecule has 0 heterocycles. The highest BCUT2D eigenvalue weighted by Gasteiger charge is 2.31.